The summed E-state index contributed by atoms with van der Waals surface area (Å²) in [5.74, 6) is 0.624. The van der Waals surface area contributed by atoms with E-state index >= 15 is 0 Å². The molecule has 3 aromatic rings. The maximum Gasteiger partial charge on any atom is 0.237 e. The first-order valence-corrected chi connectivity index (χ1v) is 6.61. The van der Waals surface area contributed by atoms with Crippen LogP contribution in [0, 0.1) is 0 Å². The fraction of sp³-hybridized carbons (Fsp3) is 0.200. The van der Waals surface area contributed by atoms with Gasteiger partial charge >= 0.3 is 0 Å². The van der Waals surface area contributed by atoms with Gasteiger partial charge in [0.1, 0.15) is 5.65 Å². The SMILES string of the molecule is CCOc1ncccc1NCc1cn2ccccc2n1. The van der Waals surface area contributed by atoms with Crippen molar-refractivity contribution >= 4 is 11.3 Å². The van der Waals surface area contributed by atoms with E-state index in [9.17, 15) is 0 Å². The zero-order valence-electron chi connectivity index (χ0n) is 11.3. The molecule has 5 nitrogen and oxygen atoms in total. The van der Waals surface area contributed by atoms with Crippen LogP contribution in [-0.2, 0) is 6.54 Å². The van der Waals surface area contributed by atoms with Gasteiger partial charge in [0.25, 0.3) is 0 Å². The molecular formula is C15H16N4O. The zero-order valence-corrected chi connectivity index (χ0v) is 11.3. The van der Waals surface area contributed by atoms with E-state index in [0.717, 1.165) is 17.0 Å². The minimum absolute atomic E-state index is 0.597. The molecule has 0 saturated heterocycles. The Hall–Kier alpha value is -2.56. The van der Waals surface area contributed by atoms with E-state index in [0.29, 0.717) is 19.0 Å². The molecule has 3 rings (SSSR count). The summed E-state index contributed by atoms with van der Waals surface area (Å²) < 4.78 is 7.49. The second-order valence-corrected chi connectivity index (χ2v) is 4.34. The van der Waals surface area contributed by atoms with Crippen molar-refractivity contribution in [3.05, 3.63) is 54.6 Å². The molecule has 0 atom stereocenters. The van der Waals surface area contributed by atoms with Crippen LogP contribution >= 0.6 is 0 Å². The minimum Gasteiger partial charge on any atom is -0.476 e. The third kappa shape index (κ3) is 2.56. The summed E-state index contributed by atoms with van der Waals surface area (Å²) >= 11 is 0. The Morgan fingerprint density at radius 3 is 3.05 bits per heavy atom. The first-order chi connectivity index (χ1) is 9.86. The van der Waals surface area contributed by atoms with Crippen LogP contribution in [0.5, 0.6) is 5.88 Å². The highest BCUT2D eigenvalue weighted by Gasteiger charge is 2.05. The molecule has 0 aliphatic rings. The molecule has 0 radical (unpaired) electrons. The summed E-state index contributed by atoms with van der Waals surface area (Å²) in [5, 5.41) is 3.31. The molecule has 0 saturated carbocycles. The Morgan fingerprint density at radius 1 is 1.25 bits per heavy atom. The van der Waals surface area contributed by atoms with E-state index < -0.39 is 0 Å². The van der Waals surface area contributed by atoms with Crippen LogP contribution < -0.4 is 10.1 Å². The molecule has 0 fully saturated rings. The maximum absolute atomic E-state index is 5.49. The molecule has 3 heterocycles. The molecule has 0 bridgehead atoms. The van der Waals surface area contributed by atoms with Gasteiger partial charge in [0, 0.05) is 18.6 Å². The lowest BCUT2D eigenvalue weighted by Gasteiger charge is -2.09. The van der Waals surface area contributed by atoms with E-state index in [1.54, 1.807) is 6.20 Å². The van der Waals surface area contributed by atoms with Crippen LogP contribution in [0.1, 0.15) is 12.6 Å². The molecule has 5 heteroatoms. The number of pyridine rings is 2. The highest BCUT2D eigenvalue weighted by molar-refractivity contribution is 5.52. The number of ether oxygens (including phenoxy) is 1. The summed E-state index contributed by atoms with van der Waals surface area (Å²) in [7, 11) is 0. The van der Waals surface area contributed by atoms with Crippen molar-refractivity contribution in [1.82, 2.24) is 14.4 Å². The van der Waals surface area contributed by atoms with Crippen LogP contribution in [0.2, 0.25) is 0 Å². The number of rotatable bonds is 5. The molecular weight excluding hydrogens is 252 g/mol. The molecule has 0 amide bonds. The van der Waals surface area contributed by atoms with Crippen molar-refractivity contribution in [3.63, 3.8) is 0 Å². The van der Waals surface area contributed by atoms with Gasteiger partial charge in [0.15, 0.2) is 0 Å². The third-order valence-corrected chi connectivity index (χ3v) is 2.93. The number of anilines is 1. The number of nitrogens with zero attached hydrogens (tertiary/aromatic N) is 3. The van der Waals surface area contributed by atoms with Crippen molar-refractivity contribution in [1.29, 1.82) is 0 Å². The molecule has 0 spiro atoms. The summed E-state index contributed by atoms with van der Waals surface area (Å²) in [5.41, 5.74) is 2.80. The smallest absolute Gasteiger partial charge is 0.237 e. The standard InChI is InChI=1S/C15H16N4O/c1-2-20-15-13(6-5-8-16-15)17-10-12-11-19-9-4-3-7-14(19)18-12/h3-9,11,17H,2,10H2,1H3. The van der Waals surface area contributed by atoms with Gasteiger partial charge < -0.3 is 14.5 Å². The largest absolute Gasteiger partial charge is 0.476 e. The highest BCUT2D eigenvalue weighted by atomic mass is 16.5. The topological polar surface area (TPSA) is 51.5 Å². The quantitative estimate of drug-likeness (QED) is 0.773. The zero-order chi connectivity index (χ0) is 13.8. The maximum atomic E-state index is 5.49. The van der Waals surface area contributed by atoms with Gasteiger partial charge in [-0.2, -0.15) is 0 Å². The molecule has 1 N–H and O–H groups in total. The fourth-order valence-corrected chi connectivity index (χ4v) is 2.04. The fourth-order valence-electron chi connectivity index (χ4n) is 2.04. The average molecular weight is 268 g/mol. The van der Waals surface area contributed by atoms with Gasteiger partial charge in [-0.1, -0.05) is 6.07 Å². The predicted octanol–water partition coefficient (Wildman–Crippen LogP) is 2.74. The Bertz CT molecular complexity index is 675. The van der Waals surface area contributed by atoms with Crippen LogP contribution in [0.3, 0.4) is 0 Å². The molecule has 3 aromatic heterocycles. The number of fused-ring (bicyclic) bond motifs is 1. The monoisotopic (exact) mass is 268 g/mol. The minimum atomic E-state index is 0.597. The van der Waals surface area contributed by atoms with Crippen LogP contribution in [0.25, 0.3) is 5.65 Å². The van der Waals surface area contributed by atoms with Gasteiger partial charge in [0.05, 0.1) is 24.5 Å². The van der Waals surface area contributed by atoms with Crippen molar-refractivity contribution in [2.45, 2.75) is 13.5 Å². The molecule has 0 unspecified atom stereocenters. The lowest BCUT2D eigenvalue weighted by molar-refractivity contribution is 0.328. The van der Waals surface area contributed by atoms with Crippen molar-refractivity contribution in [2.75, 3.05) is 11.9 Å². The summed E-state index contributed by atoms with van der Waals surface area (Å²) in [6, 6.07) is 9.79. The van der Waals surface area contributed by atoms with Gasteiger partial charge in [0.2, 0.25) is 5.88 Å². The third-order valence-electron chi connectivity index (χ3n) is 2.93. The van der Waals surface area contributed by atoms with Crippen molar-refractivity contribution < 1.29 is 4.74 Å². The molecule has 102 valence electrons. The Labute approximate surface area is 117 Å². The molecule has 0 aliphatic heterocycles. The van der Waals surface area contributed by atoms with Gasteiger partial charge in [-0.15, -0.1) is 0 Å². The molecule has 0 aromatic carbocycles. The van der Waals surface area contributed by atoms with Gasteiger partial charge in [-0.3, -0.25) is 0 Å². The summed E-state index contributed by atoms with van der Waals surface area (Å²) in [6.45, 7) is 3.17. The number of aromatic nitrogens is 3. The Kier molecular flexibility index (Phi) is 3.50. The van der Waals surface area contributed by atoms with E-state index in [2.05, 4.69) is 15.3 Å². The van der Waals surface area contributed by atoms with Crippen molar-refractivity contribution in [3.8, 4) is 5.88 Å². The first-order valence-electron chi connectivity index (χ1n) is 6.61. The van der Waals surface area contributed by atoms with Crippen LogP contribution in [-0.4, -0.2) is 21.0 Å². The number of hydrogen-bond donors (Lipinski definition) is 1. The number of imidazole rings is 1. The van der Waals surface area contributed by atoms with Gasteiger partial charge in [-0.05, 0) is 31.2 Å². The first kappa shape index (κ1) is 12.5. The number of nitrogens with one attached hydrogen (secondary N) is 1. The van der Waals surface area contributed by atoms with E-state index in [4.69, 9.17) is 4.74 Å². The Morgan fingerprint density at radius 2 is 2.20 bits per heavy atom. The van der Waals surface area contributed by atoms with Crippen LogP contribution in [0.4, 0.5) is 5.69 Å². The highest BCUT2D eigenvalue weighted by Crippen LogP contribution is 2.21. The van der Waals surface area contributed by atoms with E-state index in [1.807, 2.05) is 54.0 Å². The summed E-state index contributed by atoms with van der Waals surface area (Å²) in [4.78, 5) is 8.76. The number of hydrogen-bond acceptors (Lipinski definition) is 4. The normalized spacial score (nSPS) is 10.7. The lowest BCUT2D eigenvalue weighted by Crippen LogP contribution is -2.04. The van der Waals surface area contributed by atoms with Crippen molar-refractivity contribution in [2.24, 2.45) is 0 Å². The molecule has 20 heavy (non-hydrogen) atoms. The Balaban J connectivity index is 1.76. The van der Waals surface area contributed by atoms with E-state index in [-0.39, 0.29) is 0 Å². The van der Waals surface area contributed by atoms with Gasteiger partial charge in [-0.25, -0.2) is 9.97 Å². The lowest BCUT2D eigenvalue weighted by atomic mass is 10.3. The summed E-state index contributed by atoms with van der Waals surface area (Å²) in [6.07, 6.45) is 5.72. The second-order valence-electron chi connectivity index (χ2n) is 4.34. The molecule has 0 aliphatic carbocycles. The second kappa shape index (κ2) is 5.61. The van der Waals surface area contributed by atoms with Crippen LogP contribution in [0.15, 0.2) is 48.9 Å². The average Bonchev–Trinajstić information content (AvgIpc) is 2.89. The predicted molar refractivity (Wildman–Crippen MR) is 77.9 cm³/mol. The van der Waals surface area contributed by atoms with E-state index in [1.165, 1.54) is 0 Å².